The first kappa shape index (κ1) is 32.6. The highest BCUT2D eigenvalue weighted by Gasteiger charge is 2.43. The van der Waals surface area contributed by atoms with E-state index >= 15 is 4.39 Å². The number of carbonyl (C=O) groups is 2. The molecule has 0 spiro atoms. The Balaban J connectivity index is 2.88. The van der Waals surface area contributed by atoms with E-state index in [4.69, 9.17) is 40.5 Å². The van der Waals surface area contributed by atoms with E-state index < -0.39 is 92.7 Å². The zero-order chi connectivity index (χ0) is 30.0. The standard InChI is InChI=1S/C23H16Cl3F9N2O2/c1-8(21(39)37-7-16(28)29)17-10(2-3-11(20(36)38)18(17)23(33,34)35)15(27)6-12(22(30,31)32)9-4-13(24)19(26)14(25)5-9/h2-6,8,12,16H,7H2,1H3,(H2,36,38)(H,37,39)/b15-6-/t8-,12?/m1/s1. The molecule has 0 bridgehead atoms. The maximum atomic E-state index is 15.5. The SMILES string of the molecule is C[C@@H](C(=O)NCC(F)F)c1c(/C(F)=C/C(c2cc(Cl)c(Cl)c(Cl)c2)C(F)(F)F)ccc(C(N)=O)c1C(F)(F)F. The summed E-state index contributed by atoms with van der Waals surface area (Å²) in [6.07, 6.45) is -13.9. The molecule has 4 nitrogen and oxygen atoms in total. The van der Waals surface area contributed by atoms with Crippen LogP contribution in [0.15, 0.2) is 30.3 Å². The molecule has 3 N–H and O–H groups in total. The number of nitrogens with one attached hydrogen (secondary N) is 1. The minimum absolute atomic E-state index is 0.0946. The van der Waals surface area contributed by atoms with Gasteiger partial charge in [0.1, 0.15) is 11.7 Å². The number of alkyl halides is 8. The van der Waals surface area contributed by atoms with Crippen molar-refractivity contribution in [3.63, 3.8) is 0 Å². The quantitative estimate of drug-likeness (QED) is 0.230. The van der Waals surface area contributed by atoms with Crippen LogP contribution in [0.4, 0.5) is 39.5 Å². The topological polar surface area (TPSA) is 72.2 Å². The molecule has 2 aromatic rings. The van der Waals surface area contributed by atoms with Gasteiger partial charge in [-0.05, 0) is 42.3 Å². The van der Waals surface area contributed by atoms with Gasteiger partial charge in [0.2, 0.25) is 11.8 Å². The van der Waals surface area contributed by atoms with Gasteiger partial charge in [0.05, 0.1) is 38.7 Å². The molecule has 0 radical (unpaired) electrons. The number of hydrogen-bond acceptors (Lipinski definition) is 2. The lowest BCUT2D eigenvalue weighted by molar-refractivity contribution is -0.140. The summed E-state index contributed by atoms with van der Waals surface area (Å²) in [5, 5.41) is 0.470. The Labute approximate surface area is 229 Å². The fourth-order valence-corrected chi connectivity index (χ4v) is 4.23. The van der Waals surface area contributed by atoms with E-state index in [-0.39, 0.29) is 11.1 Å². The van der Waals surface area contributed by atoms with E-state index in [1.165, 1.54) is 0 Å². The van der Waals surface area contributed by atoms with Crippen LogP contribution in [0.1, 0.15) is 51.4 Å². The van der Waals surface area contributed by atoms with E-state index in [0.29, 0.717) is 12.1 Å². The van der Waals surface area contributed by atoms with Crippen LogP contribution in [0.5, 0.6) is 0 Å². The summed E-state index contributed by atoms with van der Waals surface area (Å²) in [7, 11) is 0. The van der Waals surface area contributed by atoms with Crippen LogP contribution in [-0.4, -0.2) is 31.0 Å². The van der Waals surface area contributed by atoms with E-state index in [1.54, 1.807) is 5.32 Å². The summed E-state index contributed by atoms with van der Waals surface area (Å²) < 4.78 is 125. The van der Waals surface area contributed by atoms with Crippen LogP contribution in [0, 0.1) is 0 Å². The minimum atomic E-state index is -5.48. The molecule has 0 aliphatic carbocycles. The molecule has 214 valence electrons. The molecule has 0 saturated carbocycles. The molecule has 0 aromatic heterocycles. The molecule has 39 heavy (non-hydrogen) atoms. The molecule has 2 rings (SSSR count). The summed E-state index contributed by atoms with van der Waals surface area (Å²) >= 11 is 17.3. The first-order valence-corrected chi connectivity index (χ1v) is 11.6. The van der Waals surface area contributed by atoms with Crippen LogP contribution in [0.3, 0.4) is 0 Å². The van der Waals surface area contributed by atoms with Crippen LogP contribution in [0.2, 0.25) is 15.1 Å². The van der Waals surface area contributed by atoms with E-state index in [9.17, 15) is 44.7 Å². The Kier molecular flexibility index (Phi) is 10.2. The Morgan fingerprint density at radius 3 is 1.95 bits per heavy atom. The van der Waals surface area contributed by atoms with Crippen molar-refractivity contribution in [3.05, 3.63) is 73.2 Å². The van der Waals surface area contributed by atoms with Crippen molar-refractivity contribution in [2.24, 2.45) is 5.73 Å². The van der Waals surface area contributed by atoms with Crippen molar-refractivity contribution in [2.75, 3.05) is 6.54 Å². The molecular weight excluding hydrogens is 614 g/mol. The number of hydrogen-bond donors (Lipinski definition) is 2. The number of rotatable bonds is 8. The Morgan fingerprint density at radius 2 is 1.51 bits per heavy atom. The van der Waals surface area contributed by atoms with Gasteiger partial charge in [0.15, 0.2) is 0 Å². The average Bonchev–Trinajstić information content (AvgIpc) is 2.80. The van der Waals surface area contributed by atoms with Gasteiger partial charge >= 0.3 is 12.4 Å². The Bertz CT molecular complexity index is 1270. The second-order valence-corrected chi connectivity index (χ2v) is 9.19. The van der Waals surface area contributed by atoms with E-state index in [1.807, 2.05) is 0 Å². The third-order valence-corrected chi connectivity index (χ3v) is 6.54. The maximum absolute atomic E-state index is 15.5. The van der Waals surface area contributed by atoms with Crippen LogP contribution in [0.25, 0.3) is 5.83 Å². The van der Waals surface area contributed by atoms with Gasteiger partial charge in [0.25, 0.3) is 6.43 Å². The highest BCUT2D eigenvalue weighted by molar-refractivity contribution is 6.48. The van der Waals surface area contributed by atoms with Gasteiger partial charge in [-0.3, -0.25) is 9.59 Å². The number of carbonyl (C=O) groups excluding carboxylic acids is 2. The zero-order valence-electron chi connectivity index (χ0n) is 19.3. The summed E-state index contributed by atoms with van der Waals surface area (Å²) in [4.78, 5) is 24.1. The van der Waals surface area contributed by atoms with Crippen molar-refractivity contribution in [1.29, 1.82) is 0 Å². The van der Waals surface area contributed by atoms with E-state index in [2.05, 4.69) is 0 Å². The number of allylic oxidation sites excluding steroid dienone is 1. The van der Waals surface area contributed by atoms with Gasteiger partial charge in [0, 0.05) is 5.56 Å². The first-order chi connectivity index (χ1) is 17.8. The molecule has 0 saturated heterocycles. The second-order valence-electron chi connectivity index (χ2n) is 8.00. The van der Waals surface area contributed by atoms with Crippen molar-refractivity contribution in [1.82, 2.24) is 5.32 Å². The summed E-state index contributed by atoms with van der Waals surface area (Å²) in [5.41, 5.74) is -1.35. The average molecular weight is 630 g/mol. The van der Waals surface area contributed by atoms with Crippen LogP contribution >= 0.6 is 34.8 Å². The number of nitrogens with two attached hydrogens (primary N) is 1. The third kappa shape index (κ3) is 7.73. The first-order valence-electron chi connectivity index (χ1n) is 10.5. The molecule has 2 aromatic carbocycles. The third-order valence-electron chi connectivity index (χ3n) is 5.34. The zero-order valence-corrected chi connectivity index (χ0v) is 21.5. The van der Waals surface area contributed by atoms with Crippen molar-refractivity contribution >= 4 is 52.4 Å². The molecule has 0 heterocycles. The van der Waals surface area contributed by atoms with Crippen molar-refractivity contribution < 1.29 is 49.1 Å². The minimum Gasteiger partial charge on any atom is -0.366 e. The highest BCUT2D eigenvalue weighted by atomic mass is 35.5. The van der Waals surface area contributed by atoms with Gasteiger partial charge in [-0.1, -0.05) is 40.9 Å². The fourth-order valence-electron chi connectivity index (χ4n) is 3.62. The molecular formula is C23H16Cl3F9N2O2. The predicted molar refractivity (Wildman–Crippen MR) is 127 cm³/mol. The number of primary amides is 1. The summed E-state index contributed by atoms with van der Waals surface area (Å²) in [6, 6.07) is 2.37. The highest BCUT2D eigenvalue weighted by Crippen LogP contribution is 2.45. The fraction of sp³-hybridized carbons (Fsp3) is 0.304. The van der Waals surface area contributed by atoms with Crippen molar-refractivity contribution in [2.45, 2.75) is 37.5 Å². The number of amides is 2. The molecule has 0 fully saturated rings. The molecule has 16 heteroatoms. The number of benzene rings is 2. The lowest BCUT2D eigenvalue weighted by atomic mass is 9.85. The molecule has 0 aliphatic heterocycles. The van der Waals surface area contributed by atoms with Gasteiger partial charge in [-0.2, -0.15) is 26.3 Å². The van der Waals surface area contributed by atoms with Gasteiger partial charge in [-0.25, -0.2) is 13.2 Å². The largest absolute Gasteiger partial charge is 0.417 e. The normalized spacial score (nSPS) is 14.4. The lowest BCUT2D eigenvalue weighted by Gasteiger charge is -2.24. The van der Waals surface area contributed by atoms with Crippen LogP contribution in [-0.2, 0) is 11.0 Å². The summed E-state index contributed by atoms with van der Waals surface area (Å²) in [5.74, 6) is -9.92. The van der Waals surface area contributed by atoms with Gasteiger partial charge < -0.3 is 11.1 Å². The smallest absolute Gasteiger partial charge is 0.366 e. The lowest BCUT2D eigenvalue weighted by Crippen LogP contribution is -2.34. The molecule has 1 unspecified atom stereocenters. The van der Waals surface area contributed by atoms with Gasteiger partial charge in [-0.15, -0.1) is 0 Å². The van der Waals surface area contributed by atoms with Crippen molar-refractivity contribution in [3.8, 4) is 0 Å². The Morgan fingerprint density at radius 1 is 1.00 bits per heavy atom. The summed E-state index contributed by atoms with van der Waals surface area (Å²) in [6.45, 7) is -0.533. The maximum Gasteiger partial charge on any atom is 0.417 e. The van der Waals surface area contributed by atoms with Crippen LogP contribution < -0.4 is 11.1 Å². The molecule has 0 aliphatic rings. The predicted octanol–water partition coefficient (Wildman–Crippen LogP) is 7.91. The second kappa shape index (κ2) is 12.3. The molecule has 2 amide bonds. The number of halogens is 12. The van der Waals surface area contributed by atoms with E-state index in [0.717, 1.165) is 19.1 Å². The molecule has 2 atom stereocenters. The monoisotopic (exact) mass is 628 g/mol. The Hall–Kier alpha value is -2.64.